The lowest BCUT2D eigenvalue weighted by Crippen LogP contribution is -2.18. The van der Waals surface area contributed by atoms with Gasteiger partial charge in [0.1, 0.15) is 5.69 Å². The molecule has 0 spiro atoms. The SMILES string of the molecule is Cc1cccnc1-c1nccc(CC(C)N)n1. The van der Waals surface area contributed by atoms with E-state index in [0.29, 0.717) is 5.82 Å². The number of rotatable bonds is 3. The fraction of sp³-hybridized carbons (Fsp3) is 0.308. The van der Waals surface area contributed by atoms with E-state index in [1.165, 1.54) is 0 Å². The summed E-state index contributed by atoms with van der Waals surface area (Å²) in [7, 11) is 0. The molecule has 4 nitrogen and oxygen atoms in total. The summed E-state index contributed by atoms with van der Waals surface area (Å²) in [4.78, 5) is 13.1. The Morgan fingerprint density at radius 3 is 2.76 bits per heavy atom. The summed E-state index contributed by atoms with van der Waals surface area (Å²) in [6.07, 6.45) is 4.26. The van der Waals surface area contributed by atoms with Gasteiger partial charge in [-0.2, -0.15) is 0 Å². The van der Waals surface area contributed by atoms with Crippen LogP contribution in [0.25, 0.3) is 11.5 Å². The molecule has 0 aromatic carbocycles. The number of nitrogens with zero attached hydrogens (tertiary/aromatic N) is 3. The van der Waals surface area contributed by atoms with Crippen molar-refractivity contribution in [2.24, 2.45) is 5.73 Å². The highest BCUT2D eigenvalue weighted by Crippen LogP contribution is 2.16. The van der Waals surface area contributed by atoms with E-state index in [9.17, 15) is 0 Å². The van der Waals surface area contributed by atoms with Crippen LogP contribution >= 0.6 is 0 Å². The van der Waals surface area contributed by atoms with Crippen LogP contribution in [-0.2, 0) is 6.42 Å². The zero-order valence-electron chi connectivity index (χ0n) is 10.1. The molecule has 4 heteroatoms. The van der Waals surface area contributed by atoms with Crippen molar-refractivity contribution >= 4 is 0 Å². The summed E-state index contributed by atoms with van der Waals surface area (Å²) in [6.45, 7) is 3.97. The fourth-order valence-electron chi connectivity index (χ4n) is 1.67. The summed E-state index contributed by atoms with van der Waals surface area (Å²) < 4.78 is 0. The molecule has 2 heterocycles. The van der Waals surface area contributed by atoms with Gasteiger partial charge in [-0.25, -0.2) is 9.97 Å². The minimum Gasteiger partial charge on any atom is -0.328 e. The molecule has 17 heavy (non-hydrogen) atoms. The molecule has 0 amide bonds. The maximum atomic E-state index is 5.77. The third-order valence-corrected chi connectivity index (χ3v) is 2.47. The molecular formula is C13H16N4. The number of nitrogens with two attached hydrogens (primary N) is 1. The largest absolute Gasteiger partial charge is 0.328 e. The second-order valence-electron chi connectivity index (χ2n) is 4.22. The summed E-state index contributed by atoms with van der Waals surface area (Å²) in [5, 5.41) is 0. The molecule has 1 unspecified atom stereocenters. The Bertz CT molecular complexity index is 508. The van der Waals surface area contributed by atoms with E-state index in [4.69, 9.17) is 5.73 Å². The number of aryl methyl sites for hydroxylation is 1. The fourth-order valence-corrected chi connectivity index (χ4v) is 1.67. The lowest BCUT2D eigenvalue weighted by molar-refractivity contribution is 0.720. The summed E-state index contributed by atoms with van der Waals surface area (Å²) in [6, 6.07) is 5.90. The van der Waals surface area contributed by atoms with E-state index in [1.54, 1.807) is 12.4 Å². The molecule has 2 aromatic heterocycles. The Labute approximate surface area is 101 Å². The molecule has 0 aliphatic carbocycles. The molecule has 0 bridgehead atoms. The minimum atomic E-state index is 0.0996. The van der Waals surface area contributed by atoms with Gasteiger partial charge in [-0.3, -0.25) is 4.98 Å². The predicted octanol–water partition coefficient (Wildman–Crippen LogP) is 1.74. The molecule has 2 N–H and O–H groups in total. The maximum absolute atomic E-state index is 5.77. The van der Waals surface area contributed by atoms with Crippen LogP contribution in [0.3, 0.4) is 0 Å². The summed E-state index contributed by atoms with van der Waals surface area (Å²) >= 11 is 0. The van der Waals surface area contributed by atoms with Gasteiger partial charge in [-0.05, 0) is 31.5 Å². The van der Waals surface area contributed by atoms with Gasteiger partial charge in [0.15, 0.2) is 5.82 Å². The molecule has 1 atom stereocenters. The first-order valence-electron chi connectivity index (χ1n) is 5.66. The quantitative estimate of drug-likeness (QED) is 0.869. The average molecular weight is 228 g/mol. The van der Waals surface area contributed by atoms with Gasteiger partial charge < -0.3 is 5.73 Å². The number of hydrogen-bond donors (Lipinski definition) is 1. The molecule has 88 valence electrons. The number of hydrogen-bond acceptors (Lipinski definition) is 4. The van der Waals surface area contributed by atoms with Crippen LogP contribution in [-0.4, -0.2) is 21.0 Å². The molecule has 0 aliphatic rings. The molecule has 0 aliphatic heterocycles. The van der Waals surface area contributed by atoms with Crippen molar-refractivity contribution in [3.05, 3.63) is 41.9 Å². The highest BCUT2D eigenvalue weighted by Gasteiger charge is 2.07. The first kappa shape index (κ1) is 11.7. The number of aromatic nitrogens is 3. The second-order valence-corrected chi connectivity index (χ2v) is 4.22. The third-order valence-electron chi connectivity index (χ3n) is 2.47. The normalized spacial score (nSPS) is 12.4. The first-order valence-corrected chi connectivity index (χ1v) is 5.66. The Morgan fingerprint density at radius 2 is 2.06 bits per heavy atom. The molecular weight excluding hydrogens is 212 g/mol. The average Bonchev–Trinajstić information content (AvgIpc) is 2.29. The van der Waals surface area contributed by atoms with Crippen LogP contribution in [0.15, 0.2) is 30.6 Å². The monoisotopic (exact) mass is 228 g/mol. The van der Waals surface area contributed by atoms with Crippen molar-refractivity contribution in [1.29, 1.82) is 0 Å². The summed E-state index contributed by atoms with van der Waals surface area (Å²) in [5.41, 5.74) is 8.63. The van der Waals surface area contributed by atoms with Crippen molar-refractivity contribution in [3.63, 3.8) is 0 Å². The Morgan fingerprint density at radius 1 is 1.24 bits per heavy atom. The molecule has 2 rings (SSSR count). The van der Waals surface area contributed by atoms with Crippen LogP contribution in [0, 0.1) is 6.92 Å². The van der Waals surface area contributed by atoms with E-state index >= 15 is 0 Å². The Kier molecular flexibility index (Phi) is 3.44. The van der Waals surface area contributed by atoms with E-state index in [-0.39, 0.29) is 6.04 Å². The van der Waals surface area contributed by atoms with E-state index in [2.05, 4.69) is 15.0 Å². The Hall–Kier alpha value is -1.81. The highest BCUT2D eigenvalue weighted by atomic mass is 14.9. The van der Waals surface area contributed by atoms with Crippen molar-refractivity contribution in [2.45, 2.75) is 26.3 Å². The molecule has 0 fully saturated rings. The Balaban J connectivity index is 2.37. The zero-order valence-corrected chi connectivity index (χ0v) is 10.1. The van der Waals surface area contributed by atoms with E-state index in [0.717, 1.165) is 23.4 Å². The van der Waals surface area contributed by atoms with Gasteiger partial charge in [0.05, 0.1) is 0 Å². The predicted molar refractivity (Wildman–Crippen MR) is 67.4 cm³/mol. The maximum Gasteiger partial charge on any atom is 0.178 e. The standard InChI is InChI=1S/C13H16N4/c1-9-4-3-6-15-12(9)13-16-7-5-11(17-13)8-10(2)14/h3-7,10H,8,14H2,1-2H3. The smallest absolute Gasteiger partial charge is 0.178 e. The van der Waals surface area contributed by atoms with Crippen LogP contribution < -0.4 is 5.73 Å². The highest BCUT2D eigenvalue weighted by molar-refractivity contribution is 5.53. The topological polar surface area (TPSA) is 64.7 Å². The molecule has 0 saturated heterocycles. The second kappa shape index (κ2) is 5.01. The van der Waals surface area contributed by atoms with Crippen LogP contribution in [0.1, 0.15) is 18.2 Å². The lowest BCUT2D eigenvalue weighted by atomic mass is 10.1. The molecule has 2 aromatic rings. The van der Waals surface area contributed by atoms with E-state index in [1.807, 2.05) is 32.0 Å². The zero-order chi connectivity index (χ0) is 12.3. The lowest BCUT2D eigenvalue weighted by Gasteiger charge is -2.07. The van der Waals surface area contributed by atoms with Crippen LogP contribution in [0.2, 0.25) is 0 Å². The molecule has 0 saturated carbocycles. The summed E-state index contributed by atoms with van der Waals surface area (Å²) in [5.74, 6) is 0.668. The third kappa shape index (κ3) is 2.85. The van der Waals surface area contributed by atoms with Crippen molar-refractivity contribution < 1.29 is 0 Å². The minimum absolute atomic E-state index is 0.0996. The van der Waals surface area contributed by atoms with Crippen molar-refractivity contribution in [1.82, 2.24) is 15.0 Å². The van der Waals surface area contributed by atoms with Crippen molar-refractivity contribution in [2.75, 3.05) is 0 Å². The van der Waals surface area contributed by atoms with Gasteiger partial charge in [0.2, 0.25) is 0 Å². The van der Waals surface area contributed by atoms with Gasteiger partial charge in [0, 0.05) is 30.6 Å². The van der Waals surface area contributed by atoms with Crippen LogP contribution in [0.4, 0.5) is 0 Å². The molecule has 0 radical (unpaired) electrons. The van der Waals surface area contributed by atoms with Gasteiger partial charge >= 0.3 is 0 Å². The van der Waals surface area contributed by atoms with Gasteiger partial charge in [0.25, 0.3) is 0 Å². The number of pyridine rings is 1. The first-order chi connectivity index (χ1) is 8.16. The van der Waals surface area contributed by atoms with E-state index < -0.39 is 0 Å². The van der Waals surface area contributed by atoms with Gasteiger partial charge in [-0.1, -0.05) is 6.07 Å². The van der Waals surface area contributed by atoms with Crippen LogP contribution in [0.5, 0.6) is 0 Å². The van der Waals surface area contributed by atoms with Gasteiger partial charge in [-0.15, -0.1) is 0 Å². The van der Waals surface area contributed by atoms with Crippen molar-refractivity contribution in [3.8, 4) is 11.5 Å².